The standard InChI is InChI=1S/C17H28N2O8/c1-9(2)13(20)8-10(15(22)23)6-7-14(21)19-12(17(26)27)5-3-4-11(18)16(24)25/h9-12H,3-8,18H2,1-2H3,(H,19,21)(H,22,23)(H,24,25)(H,26,27)/t10-,11+,12-/m1/s1. The van der Waals surface area contributed by atoms with Gasteiger partial charge in [-0.05, 0) is 25.7 Å². The Morgan fingerprint density at radius 1 is 0.889 bits per heavy atom. The highest BCUT2D eigenvalue weighted by Crippen LogP contribution is 2.15. The van der Waals surface area contributed by atoms with Gasteiger partial charge in [0.05, 0.1) is 5.92 Å². The van der Waals surface area contributed by atoms with E-state index in [2.05, 4.69) is 5.32 Å². The third kappa shape index (κ3) is 10.3. The van der Waals surface area contributed by atoms with Crippen LogP contribution in [0.2, 0.25) is 0 Å². The molecule has 0 fully saturated rings. The Hall–Kier alpha value is -2.49. The van der Waals surface area contributed by atoms with Crippen LogP contribution in [-0.4, -0.2) is 57.0 Å². The molecule has 0 heterocycles. The quantitative estimate of drug-likeness (QED) is 0.278. The molecule has 27 heavy (non-hydrogen) atoms. The minimum absolute atomic E-state index is 0.00372. The van der Waals surface area contributed by atoms with Crippen molar-refractivity contribution in [3.63, 3.8) is 0 Å². The molecular weight excluding hydrogens is 360 g/mol. The lowest BCUT2D eigenvalue weighted by atomic mass is 9.92. The number of nitrogens with one attached hydrogen (secondary N) is 1. The first-order valence-corrected chi connectivity index (χ1v) is 8.71. The Bertz CT molecular complexity index is 561. The third-order valence-corrected chi connectivity index (χ3v) is 4.12. The van der Waals surface area contributed by atoms with Gasteiger partial charge in [-0.1, -0.05) is 13.8 Å². The van der Waals surface area contributed by atoms with Gasteiger partial charge in [0.15, 0.2) is 0 Å². The molecule has 0 radical (unpaired) electrons. The summed E-state index contributed by atoms with van der Waals surface area (Å²) < 4.78 is 0. The Morgan fingerprint density at radius 2 is 1.48 bits per heavy atom. The largest absolute Gasteiger partial charge is 0.481 e. The van der Waals surface area contributed by atoms with Crippen LogP contribution in [0.1, 0.15) is 52.4 Å². The van der Waals surface area contributed by atoms with E-state index in [1.165, 1.54) is 0 Å². The van der Waals surface area contributed by atoms with E-state index in [9.17, 15) is 24.0 Å². The number of hydrogen-bond acceptors (Lipinski definition) is 6. The lowest BCUT2D eigenvalue weighted by molar-refractivity contribution is -0.145. The molecular formula is C17H28N2O8. The molecule has 0 spiro atoms. The highest BCUT2D eigenvalue weighted by atomic mass is 16.4. The number of Topliss-reactive ketones (excluding diaryl/α,β-unsaturated/α-hetero) is 1. The Labute approximate surface area is 157 Å². The minimum Gasteiger partial charge on any atom is -0.481 e. The number of hydrogen-bond donors (Lipinski definition) is 5. The predicted molar refractivity (Wildman–Crippen MR) is 93.9 cm³/mol. The third-order valence-electron chi connectivity index (χ3n) is 4.12. The van der Waals surface area contributed by atoms with Crippen LogP contribution >= 0.6 is 0 Å². The fourth-order valence-electron chi connectivity index (χ4n) is 2.29. The highest BCUT2D eigenvalue weighted by molar-refractivity contribution is 5.86. The van der Waals surface area contributed by atoms with Crippen molar-refractivity contribution >= 4 is 29.6 Å². The second-order valence-corrected chi connectivity index (χ2v) is 6.73. The SMILES string of the molecule is CC(C)C(=O)C[C@@H](CCC(=O)N[C@H](CCC[C@H](N)C(=O)O)C(=O)O)C(=O)O. The van der Waals surface area contributed by atoms with Crippen LogP contribution in [0.3, 0.4) is 0 Å². The first kappa shape index (κ1) is 24.5. The zero-order chi connectivity index (χ0) is 21.1. The van der Waals surface area contributed by atoms with Crippen molar-refractivity contribution in [1.82, 2.24) is 5.32 Å². The molecule has 6 N–H and O–H groups in total. The van der Waals surface area contributed by atoms with Crippen molar-refractivity contribution in [1.29, 1.82) is 0 Å². The summed E-state index contributed by atoms with van der Waals surface area (Å²) in [5.41, 5.74) is 5.33. The maximum absolute atomic E-state index is 11.9. The van der Waals surface area contributed by atoms with Gasteiger partial charge in [0.1, 0.15) is 17.9 Å². The summed E-state index contributed by atoms with van der Waals surface area (Å²) in [6, 6.07) is -2.33. The molecule has 0 aliphatic rings. The molecule has 1 amide bonds. The number of carboxylic acid groups (broad SMARTS) is 3. The van der Waals surface area contributed by atoms with Crippen molar-refractivity contribution in [3.8, 4) is 0 Å². The van der Waals surface area contributed by atoms with Gasteiger partial charge in [-0.2, -0.15) is 0 Å². The molecule has 0 aliphatic heterocycles. The van der Waals surface area contributed by atoms with Gasteiger partial charge in [-0.15, -0.1) is 0 Å². The molecule has 0 aromatic rings. The summed E-state index contributed by atoms with van der Waals surface area (Å²) in [6.07, 6.45) is -0.263. The van der Waals surface area contributed by atoms with Crippen LogP contribution in [0.15, 0.2) is 0 Å². The first-order valence-electron chi connectivity index (χ1n) is 8.71. The van der Waals surface area contributed by atoms with E-state index in [0.29, 0.717) is 0 Å². The van der Waals surface area contributed by atoms with Crippen molar-refractivity contribution in [3.05, 3.63) is 0 Å². The van der Waals surface area contributed by atoms with Gasteiger partial charge < -0.3 is 26.4 Å². The lowest BCUT2D eigenvalue weighted by Gasteiger charge is -2.16. The average Bonchev–Trinajstić information content (AvgIpc) is 2.56. The smallest absolute Gasteiger partial charge is 0.326 e. The fraction of sp³-hybridized carbons (Fsp3) is 0.706. The van der Waals surface area contributed by atoms with E-state index in [1.54, 1.807) is 13.8 Å². The van der Waals surface area contributed by atoms with Crippen LogP contribution in [0.4, 0.5) is 0 Å². The number of rotatable bonds is 14. The van der Waals surface area contributed by atoms with Gasteiger partial charge >= 0.3 is 17.9 Å². The zero-order valence-corrected chi connectivity index (χ0v) is 15.5. The van der Waals surface area contributed by atoms with Gasteiger partial charge in [0.25, 0.3) is 0 Å². The summed E-state index contributed by atoms with van der Waals surface area (Å²) in [5.74, 6) is -5.85. The van der Waals surface area contributed by atoms with E-state index < -0.39 is 41.8 Å². The maximum atomic E-state index is 11.9. The van der Waals surface area contributed by atoms with Gasteiger partial charge in [0.2, 0.25) is 5.91 Å². The minimum atomic E-state index is -1.28. The Balaban J connectivity index is 4.54. The van der Waals surface area contributed by atoms with Crippen molar-refractivity contribution in [2.45, 2.75) is 64.5 Å². The van der Waals surface area contributed by atoms with Crippen LogP contribution < -0.4 is 11.1 Å². The molecule has 0 aromatic carbocycles. The van der Waals surface area contributed by atoms with Gasteiger partial charge in [0, 0.05) is 18.8 Å². The normalized spacial score (nSPS) is 14.2. The van der Waals surface area contributed by atoms with E-state index >= 15 is 0 Å². The summed E-state index contributed by atoms with van der Waals surface area (Å²) in [5, 5.41) is 29.3. The summed E-state index contributed by atoms with van der Waals surface area (Å²) in [7, 11) is 0. The van der Waals surface area contributed by atoms with Crippen LogP contribution in [0.5, 0.6) is 0 Å². The molecule has 0 saturated carbocycles. The number of carbonyl (C=O) groups excluding carboxylic acids is 2. The van der Waals surface area contributed by atoms with Crippen LogP contribution in [0, 0.1) is 11.8 Å². The Kier molecular flexibility index (Phi) is 10.9. The molecule has 0 unspecified atom stereocenters. The molecule has 0 aliphatic carbocycles. The van der Waals surface area contributed by atoms with E-state index in [0.717, 1.165) is 0 Å². The highest BCUT2D eigenvalue weighted by Gasteiger charge is 2.25. The van der Waals surface area contributed by atoms with E-state index in [1.807, 2.05) is 0 Å². The van der Waals surface area contributed by atoms with Crippen molar-refractivity contribution in [2.24, 2.45) is 17.6 Å². The number of ketones is 1. The molecule has 10 heteroatoms. The topological polar surface area (TPSA) is 184 Å². The fourth-order valence-corrected chi connectivity index (χ4v) is 2.29. The molecule has 10 nitrogen and oxygen atoms in total. The molecule has 0 saturated heterocycles. The molecule has 0 aromatic heterocycles. The maximum Gasteiger partial charge on any atom is 0.326 e. The number of carboxylic acids is 3. The molecule has 0 bridgehead atoms. The number of aliphatic carboxylic acids is 3. The summed E-state index contributed by atoms with van der Waals surface area (Å²) in [6.45, 7) is 3.31. The second-order valence-electron chi connectivity index (χ2n) is 6.73. The second kappa shape index (κ2) is 12.0. The van der Waals surface area contributed by atoms with Crippen LogP contribution in [-0.2, 0) is 24.0 Å². The summed E-state index contributed by atoms with van der Waals surface area (Å²) >= 11 is 0. The average molecular weight is 388 g/mol. The lowest BCUT2D eigenvalue weighted by Crippen LogP contribution is -2.41. The molecule has 154 valence electrons. The van der Waals surface area contributed by atoms with Gasteiger partial charge in [-0.25, -0.2) is 4.79 Å². The number of amides is 1. The number of nitrogens with two attached hydrogens (primary N) is 1. The Morgan fingerprint density at radius 3 is 1.93 bits per heavy atom. The van der Waals surface area contributed by atoms with Gasteiger partial charge in [-0.3, -0.25) is 19.2 Å². The van der Waals surface area contributed by atoms with Crippen LogP contribution in [0.25, 0.3) is 0 Å². The predicted octanol–water partition coefficient (Wildman–Crippen LogP) is 0.234. The van der Waals surface area contributed by atoms with Crippen molar-refractivity contribution < 1.29 is 39.3 Å². The van der Waals surface area contributed by atoms with E-state index in [-0.39, 0.29) is 50.2 Å². The van der Waals surface area contributed by atoms with E-state index in [4.69, 9.17) is 21.1 Å². The molecule has 0 rings (SSSR count). The zero-order valence-electron chi connectivity index (χ0n) is 15.5. The summed E-state index contributed by atoms with van der Waals surface area (Å²) in [4.78, 5) is 56.7. The molecule has 3 atom stereocenters. The first-order chi connectivity index (χ1) is 12.5. The monoisotopic (exact) mass is 388 g/mol. The van der Waals surface area contributed by atoms with Crippen molar-refractivity contribution in [2.75, 3.05) is 0 Å². The number of carbonyl (C=O) groups is 5.